The molecule has 1 saturated heterocycles. The van der Waals surface area contributed by atoms with Crippen LogP contribution in [0.25, 0.3) is 0 Å². The summed E-state index contributed by atoms with van der Waals surface area (Å²) in [5.41, 5.74) is 7.24. The lowest BCUT2D eigenvalue weighted by molar-refractivity contribution is -0.139. The molecule has 1 aliphatic rings. The lowest BCUT2D eigenvalue weighted by atomic mass is 9.93. The van der Waals surface area contributed by atoms with Crippen LogP contribution in [0.4, 0.5) is 0 Å². The minimum absolute atomic E-state index is 0.0407. The van der Waals surface area contributed by atoms with Gasteiger partial charge in [0.05, 0.1) is 18.6 Å². The molecule has 4 heteroatoms. The third kappa shape index (κ3) is 3.83. The fraction of sp³-hybridized carbons (Fsp3) is 0.588. The molecule has 1 fully saturated rings. The van der Waals surface area contributed by atoms with Crippen molar-refractivity contribution in [3.05, 3.63) is 35.9 Å². The maximum atomic E-state index is 12.8. The van der Waals surface area contributed by atoms with Crippen molar-refractivity contribution in [2.24, 2.45) is 11.7 Å². The molecular formula is C17H26N2O2. The van der Waals surface area contributed by atoms with Gasteiger partial charge in [-0.3, -0.25) is 4.79 Å². The van der Waals surface area contributed by atoms with Crippen molar-refractivity contribution in [2.45, 2.75) is 44.7 Å². The summed E-state index contributed by atoms with van der Waals surface area (Å²) in [4.78, 5) is 14.6. The smallest absolute Gasteiger partial charge is 0.227 e. The first-order chi connectivity index (χ1) is 10.1. The van der Waals surface area contributed by atoms with Gasteiger partial charge in [0.25, 0.3) is 0 Å². The summed E-state index contributed by atoms with van der Waals surface area (Å²) in [6, 6.07) is 9.38. The van der Waals surface area contributed by atoms with Crippen LogP contribution in [0.15, 0.2) is 30.3 Å². The molecule has 1 amide bonds. The molecular weight excluding hydrogens is 264 g/mol. The molecule has 3 unspecified atom stereocenters. The first-order valence-electron chi connectivity index (χ1n) is 7.87. The van der Waals surface area contributed by atoms with E-state index in [9.17, 15) is 9.90 Å². The van der Waals surface area contributed by atoms with E-state index >= 15 is 0 Å². The third-order valence-electron chi connectivity index (χ3n) is 4.48. The van der Waals surface area contributed by atoms with Gasteiger partial charge in [-0.1, -0.05) is 50.1 Å². The highest BCUT2D eigenvalue weighted by molar-refractivity contribution is 5.79. The normalized spacial score (nSPS) is 22.4. The summed E-state index contributed by atoms with van der Waals surface area (Å²) in [7, 11) is 0. The number of carbonyl (C=O) groups excluding carboxylic acids is 1. The van der Waals surface area contributed by atoms with E-state index in [1.165, 1.54) is 0 Å². The fourth-order valence-electron chi connectivity index (χ4n) is 3.04. The van der Waals surface area contributed by atoms with E-state index in [1.54, 1.807) is 0 Å². The Kier molecular flexibility index (Phi) is 5.76. The molecule has 116 valence electrons. The molecule has 21 heavy (non-hydrogen) atoms. The zero-order chi connectivity index (χ0) is 15.2. The average molecular weight is 290 g/mol. The van der Waals surface area contributed by atoms with Crippen molar-refractivity contribution >= 4 is 5.91 Å². The van der Waals surface area contributed by atoms with Crippen LogP contribution in [0.2, 0.25) is 0 Å². The van der Waals surface area contributed by atoms with Crippen LogP contribution < -0.4 is 5.73 Å². The largest absolute Gasteiger partial charge is 0.394 e. The van der Waals surface area contributed by atoms with Gasteiger partial charge in [-0.2, -0.15) is 0 Å². The minimum atomic E-state index is -0.304. The van der Waals surface area contributed by atoms with Gasteiger partial charge in [0, 0.05) is 12.6 Å². The van der Waals surface area contributed by atoms with Crippen LogP contribution >= 0.6 is 0 Å². The van der Waals surface area contributed by atoms with E-state index in [0.717, 1.165) is 37.8 Å². The molecule has 0 spiro atoms. The number of likely N-dealkylation sites (tertiary alicyclic amines) is 1. The van der Waals surface area contributed by atoms with Gasteiger partial charge in [0.1, 0.15) is 0 Å². The molecule has 0 saturated carbocycles. The van der Waals surface area contributed by atoms with Gasteiger partial charge in [-0.15, -0.1) is 0 Å². The second-order valence-electron chi connectivity index (χ2n) is 5.94. The maximum Gasteiger partial charge on any atom is 0.227 e. The molecule has 3 N–H and O–H groups in total. The molecule has 2 rings (SSSR count). The van der Waals surface area contributed by atoms with Gasteiger partial charge in [-0.05, 0) is 18.4 Å². The molecule has 0 radical (unpaired) electrons. The van der Waals surface area contributed by atoms with Gasteiger partial charge in [0.15, 0.2) is 0 Å². The van der Waals surface area contributed by atoms with Crippen LogP contribution in [-0.2, 0) is 4.79 Å². The molecule has 3 atom stereocenters. The minimum Gasteiger partial charge on any atom is -0.394 e. The third-order valence-corrected chi connectivity index (χ3v) is 4.48. The highest BCUT2D eigenvalue weighted by atomic mass is 16.3. The first kappa shape index (κ1) is 16.0. The van der Waals surface area contributed by atoms with E-state index < -0.39 is 0 Å². The second kappa shape index (κ2) is 7.57. The Morgan fingerprint density at radius 3 is 2.71 bits per heavy atom. The van der Waals surface area contributed by atoms with Gasteiger partial charge in [0.2, 0.25) is 5.91 Å². The van der Waals surface area contributed by atoms with Crippen LogP contribution in [-0.4, -0.2) is 35.1 Å². The van der Waals surface area contributed by atoms with E-state index in [-0.39, 0.29) is 30.5 Å². The summed E-state index contributed by atoms with van der Waals surface area (Å²) >= 11 is 0. The topological polar surface area (TPSA) is 66.6 Å². The monoisotopic (exact) mass is 290 g/mol. The summed E-state index contributed by atoms with van der Waals surface area (Å²) < 4.78 is 0. The van der Waals surface area contributed by atoms with Gasteiger partial charge < -0.3 is 15.7 Å². The van der Waals surface area contributed by atoms with E-state index in [1.807, 2.05) is 42.2 Å². The lowest BCUT2D eigenvalue weighted by Crippen LogP contribution is -2.46. The second-order valence-corrected chi connectivity index (χ2v) is 5.94. The Hall–Kier alpha value is -1.39. The van der Waals surface area contributed by atoms with Crippen LogP contribution in [0.1, 0.15) is 44.2 Å². The number of hydrogen-bond donors (Lipinski definition) is 2. The Morgan fingerprint density at radius 2 is 2.05 bits per heavy atom. The van der Waals surface area contributed by atoms with Gasteiger partial charge >= 0.3 is 0 Å². The van der Waals surface area contributed by atoms with E-state index in [2.05, 4.69) is 0 Å². The van der Waals surface area contributed by atoms with Gasteiger partial charge in [-0.25, -0.2) is 0 Å². The lowest BCUT2D eigenvalue weighted by Gasteiger charge is -2.33. The van der Waals surface area contributed by atoms with Crippen molar-refractivity contribution in [1.29, 1.82) is 0 Å². The summed E-state index contributed by atoms with van der Waals surface area (Å²) in [5.74, 6) is -0.216. The van der Waals surface area contributed by atoms with Crippen molar-refractivity contribution in [1.82, 2.24) is 4.90 Å². The molecule has 0 bridgehead atoms. The molecule has 4 nitrogen and oxygen atoms in total. The van der Waals surface area contributed by atoms with Crippen molar-refractivity contribution in [3.63, 3.8) is 0 Å². The van der Waals surface area contributed by atoms with Crippen molar-refractivity contribution in [3.8, 4) is 0 Å². The molecule has 1 aliphatic heterocycles. The molecule has 0 aromatic heterocycles. The van der Waals surface area contributed by atoms with Crippen LogP contribution in [0.5, 0.6) is 0 Å². The quantitative estimate of drug-likeness (QED) is 0.892. The number of benzene rings is 1. The number of nitrogens with zero attached hydrogens (tertiary/aromatic N) is 1. The molecule has 0 aliphatic carbocycles. The maximum absolute atomic E-state index is 12.8. The van der Waals surface area contributed by atoms with E-state index in [4.69, 9.17) is 5.73 Å². The number of amides is 1. The molecule has 1 heterocycles. The SMILES string of the molecule is CC(C(=O)N1CCCCCC1CO)C(N)c1ccccc1. The summed E-state index contributed by atoms with van der Waals surface area (Å²) in [6.07, 6.45) is 4.10. The van der Waals surface area contributed by atoms with E-state index in [0.29, 0.717) is 0 Å². The zero-order valence-corrected chi connectivity index (χ0v) is 12.7. The first-order valence-corrected chi connectivity index (χ1v) is 7.87. The van der Waals surface area contributed by atoms with Crippen LogP contribution in [0, 0.1) is 5.92 Å². The zero-order valence-electron chi connectivity index (χ0n) is 12.7. The number of aliphatic hydroxyl groups excluding tert-OH is 1. The highest BCUT2D eigenvalue weighted by Gasteiger charge is 2.31. The molecule has 1 aromatic carbocycles. The number of nitrogens with two attached hydrogens (primary N) is 1. The Morgan fingerprint density at radius 1 is 1.33 bits per heavy atom. The number of hydrogen-bond acceptors (Lipinski definition) is 3. The fourth-order valence-corrected chi connectivity index (χ4v) is 3.04. The van der Waals surface area contributed by atoms with Crippen LogP contribution in [0.3, 0.4) is 0 Å². The Labute approximate surface area is 126 Å². The number of carbonyl (C=O) groups is 1. The van der Waals surface area contributed by atoms with Crippen molar-refractivity contribution in [2.75, 3.05) is 13.2 Å². The number of rotatable bonds is 4. The Bertz CT molecular complexity index is 449. The summed E-state index contributed by atoms with van der Waals surface area (Å²) in [5, 5.41) is 9.55. The standard InChI is InChI=1S/C17H26N2O2/c1-13(16(18)14-8-4-2-5-9-14)17(21)19-11-7-3-6-10-15(19)12-20/h2,4-5,8-9,13,15-16,20H,3,6-7,10-12,18H2,1H3. The number of aliphatic hydroxyl groups is 1. The van der Waals surface area contributed by atoms with Crippen molar-refractivity contribution < 1.29 is 9.90 Å². The highest BCUT2D eigenvalue weighted by Crippen LogP contribution is 2.24. The predicted molar refractivity (Wildman–Crippen MR) is 83.6 cm³/mol. The Balaban J connectivity index is 2.10. The average Bonchev–Trinajstić information content (AvgIpc) is 2.78. The summed E-state index contributed by atoms with van der Waals surface area (Å²) in [6.45, 7) is 2.66. The predicted octanol–water partition coefficient (Wildman–Crippen LogP) is 2.09. The molecule has 1 aromatic rings.